The molecule has 0 aromatic rings. The Balaban J connectivity index is 3.32. The van der Waals surface area contributed by atoms with Gasteiger partial charge in [0.1, 0.15) is 0 Å². The summed E-state index contributed by atoms with van der Waals surface area (Å²) in [6, 6.07) is 0. The van der Waals surface area contributed by atoms with Gasteiger partial charge < -0.3 is 4.74 Å². The quantitative estimate of drug-likeness (QED) is 0.259. The predicted molar refractivity (Wildman–Crippen MR) is 96.0 cm³/mol. The summed E-state index contributed by atoms with van der Waals surface area (Å²) >= 11 is 0. The Morgan fingerprint density at radius 1 is 0.571 bits per heavy atom. The molecule has 1 heteroatoms. The van der Waals surface area contributed by atoms with Crippen molar-refractivity contribution in [3.8, 4) is 0 Å². The molecule has 0 aromatic heterocycles. The minimum absolute atomic E-state index is 0.815. The first kappa shape index (κ1) is 21.0. The lowest BCUT2D eigenvalue weighted by atomic mass is 9.97. The van der Waals surface area contributed by atoms with Gasteiger partial charge in [-0.05, 0) is 25.2 Å². The average molecular weight is 299 g/mol. The lowest BCUT2D eigenvalue weighted by Gasteiger charge is -2.16. The fourth-order valence-corrected chi connectivity index (χ4v) is 2.99. The smallest absolute Gasteiger partial charge is 0.0494 e. The van der Waals surface area contributed by atoms with Crippen molar-refractivity contribution in [3.63, 3.8) is 0 Å². The molecule has 21 heavy (non-hydrogen) atoms. The molecular formula is C20H42O. The molecule has 1 atom stereocenters. The molecule has 0 aliphatic carbocycles. The number of unbranched alkanes of at least 4 members (excludes halogenated alkanes) is 9. The highest BCUT2D eigenvalue weighted by Crippen LogP contribution is 2.16. The van der Waals surface area contributed by atoms with Crippen LogP contribution in [0.5, 0.6) is 0 Å². The van der Waals surface area contributed by atoms with Crippen molar-refractivity contribution in [1.82, 2.24) is 0 Å². The second-order valence-corrected chi connectivity index (χ2v) is 6.70. The van der Waals surface area contributed by atoms with Crippen LogP contribution in [0.25, 0.3) is 0 Å². The van der Waals surface area contributed by atoms with Gasteiger partial charge in [0.2, 0.25) is 0 Å². The second kappa shape index (κ2) is 18.0. The minimum atomic E-state index is 0.815. The molecular weight excluding hydrogens is 256 g/mol. The zero-order valence-electron chi connectivity index (χ0n) is 15.3. The van der Waals surface area contributed by atoms with E-state index in [0.717, 1.165) is 19.1 Å². The van der Waals surface area contributed by atoms with Crippen LogP contribution >= 0.6 is 0 Å². The fraction of sp³-hybridized carbons (Fsp3) is 1.00. The number of hydrogen-bond donors (Lipinski definition) is 0. The van der Waals surface area contributed by atoms with E-state index in [0.29, 0.717) is 0 Å². The standard InChI is InChI=1S/C20H42O/c1-4-7-9-10-11-12-13-15-18-21-19-20(16-6-3)17-14-8-5-2/h20H,4-19H2,1-3H3. The molecule has 1 nitrogen and oxygen atoms in total. The third-order valence-corrected chi connectivity index (χ3v) is 4.41. The van der Waals surface area contributed by atoms with Crippen LogP contribution in [-0.4, -0.2) is 13.2 Å². The van der Waals surface area contributed by atoms with Gasteiger partial charge in [0.05, 0.1) is 0 Å². The minimum Gasteiger partial charge on any atom is -0.381 e. The van der Waals surface area contributed by atoms with Crippen molar-refractivity contribution in [2.45, 2.75) is 111 Å². The summed E-state index contributed by atoms with van der Waals surface area (Å²) < 4.78 is 5.92. The molecule has 0 saturated heterocycles. The molecule has 0 rings (SSSR count). The van der Waals surface area contributed by atoms with Gasteiger partial charge in [-0.1, -0.05) is 91.4 Å². The lowest BCUT2D eigenvalue weighted by molar-refractivity contribution is 0.0886. The van der Waals surface area contributed by atoms with E-state index in [1.54, 1.807) is 0 Å². The van der Waals surface area contributed by atoms with E-state index in [2.05, 4.69) is 20.8 Å². The highest BCUT2D eigenvalue weighted by molar-refractivity contribution is 4.58. The maximum absolute atomic E-state index is 5.92. The molecule has 0 heterocycles. The van der Waals surface area contributed by atoms with E-state index in [1.165, 1.54) is 89.9 Å². The SMILES string of the molecule is CCCCCCCCCCOCC(CCC)CCCCC. The van der Waals surface area contributed by atoms with Crippen LogP contribution in [0.4, 0.5) is 0 Å². The van der Waals surface area contributed by atoms with E-state index < -0.39 is 0 Å². The van der Waals surface area contributed by atoms with Crippen LogP contribution in [0.3, 0.4) is 0 Å². The van der Waals surface area contributed by atoms with E-state index in [4.69, 9.17) is 4.74 Å². The summed E-state index contributed by atoms with van der Waals surface area (Å²) in [5, 5.41) is 0. The summed E-state index contributed by atoms with van der Waals surface area (Å²) in [6.07, 6.45) is 19.2. The predicted octanol–water partition coefficient (Wildman–Crippen LogP) is 7.14. The molecule has 1 unspecified atom stereocenters. The largest absolute Gasteiger partial charge is 0.381 e. The van der Waals surface area contributed by atoms with Crippen molar-refractivity contribution in [3.05, 3.63) is 0 Å². The Kier molecular flexibility index (Phi) is 18.0. The maximum atomic E-state index is 5.92. The Morgan fingerprint density at radius 2 is 1.14 bits per heavy atom. The average Bonchev–Trinajstić information content (AvgIpc) is 2.49. The molecule has 0 bridgehead atoms. The molecule has 0 spiro atoms. The maximum Gasteiger partial charge on any atom is 0.0494 e. The van der Waals surface area contributed by atoms with E-state index in [1.807, 2.05) is 0 Å². The Hall–Kier alpha value is -0.0400. The van der Waals surface area contributed by atoms with Gasteiger partial charge >= 0.3 is 0 Å². The van der Waals surface area contributed by atoms with Crippen LogP contribution in [0.2, 0.25) is 0 Å². The second-order valence-electron chi connectivity index (χ2n) is 6.70. The Labute approximate surface area is 135 Å². The monoisotopic (exact) mass is 298 g/mol. The van der Waals surface area contributed by atoms with Crippen molar-refractivity contribution in [2.24, 2.45) is 5.92 Å². The van der Waals surface area contributed by atoms with Crippen molar-refractivity contribution >= 4 is 0 Å². The van der Waals surface area contributed by atoms with Gasteiger partial charge in [-0.2, -0.15) is 0 Å². The summed E-state index contributed by atoms with van der Waals surface area (Å²) in [5.74, 6) is 0.815. The molecule has 0 radical (unpaired) electrons. The normalized spacial score (nSPS) is 12.7. The van der Waals surface area contributed by atoms with Crippen LogP contribution in [0, 0.1) is 5.92 Å². The summed E-state index contributed by atoms with van der Waals surface area (Å²) in [7, 11) is 0. The molecule has 0 fully saturated rings. The first-order valence-corrected chi connectivity index (χ1v) is 9.92. The first-order valence-electron chi connectivity index (χ1n) is 9.92. The van der Waals surface area contributed by atoms with E-state index >= 15 is 0 Å². The highest BCUT2D eigenvalue weighted by Gasteiger charge is 2.07. The van der Waals surface area contributed by atoms with Crippen molar-refractivity contribution in [2.75, 3.05) is 13.2 Å². The zero-order valence-corrected chi connectivity index (χ0v) is 15.3. The van der Waals surface area contributed by atoms with Crippen LogP contribution < -0.4 is 0 Å². The third kappa shape index (κ3) is 16.2. The molecule has 0 aliphatic heterocycles. The fourth-order valence-electron chi connectivity index (χ4n) is 2.99. The third-order valence-electron chi connectivity index (χ3n) is 4.41. The van der Waals surface area contributed by atoms with Gasteiger partial charge in [-0.15, -0.1) is 0 Å². The topological polar surface area (TPSA) is 9.23 Å². The van der Waals surface area contributed by atoms with E-state index in [-0.39, 0.29) is 0 Å². The number of rotatable bonds is 17. The van der Waals surface area contributed by atoms with Crippen LogP contribution in [0.1, 0.15) is 111 Å². The first-order chi connectivity index (χ1) is 10.3. The molecule has 0 aromatic carbocycles. The van der Waals surface area contributed by atoms with Crippen molar-refractivity contribution < 1.29 is 4.74 Å². The molecule has 0 N–H and O–H groups in total. The van der Waals surface area contributed by atoms with Crippen molar-refractivity contribution in [1.29, 1.82) is 0 Å². The van der Waals surface area contributed by atoms with Gasteiger partial charge in [-0.3, -0.25) is 0 Å². The molecule has 128 valence electrons. The van der Waals surface area contributed by atoms with Crippen LogP contribution in [0.15, 0.2) is 0 Å². The zero-order chi connectivity index (χ0) is 15.6. The Morgan fingerprint density at radius 3 is 1.76 bits per heavy atom. The molecule has 0 amide bonds. The van der Waals surface area contributed by atoms with Gasteiger partial charge in [0.25, 0.3) is 0 Å². The summed E-state index contributed by atoms with van der Waals surface area (Å²) in [5.41, 5.74) is 0. The summed E-state index contributed by atoms with van der Waals surface area (Å²) in [4.78, 5) is 0. The van der Waals surface area contributed by atoms with E-state index in [9.17, 15) is 0 Å². The van der Waals surface area contributed by atoms with Gasteiger partial charge in [-0.25, -0.2) is 0 Å². The number of ether oxygens (including phenoxy) is 1. The van der Waals surface area contributed by atoms with Crippen LogP contribution in [-0.2, 0) is 4.74 Å². The van der Waals surface area contributed by atoms with Gasteiger partial charge in [0, 0.05) is 13.2 Å². The molecule has 0 saturated carbocycles. The number of hydrogen-bond acceptors (Lipinski definition) is 1. The lowest BCUT2D eigenvalue weighted by Crippen LogP contribution is -2.10. The molecule has 0 aliphatic rings. The van der Waals surface area contributed by atoms with Gasteiger partial charge in [0.15, 0.2) is 0 Å². The summed E-state index contributed by atoms with van der Waals surface area (Å²) in [6.45, 7) is 8.86. The Bertz CT molecular complexity index is 179. The highest BCUT2D eigenvalue weighted by atomic mass is 16.5.